The van der Waals surface area contributed by atoms with Gasteiger partial charge in [-0.15, -0.1) is 0 Å². The van der Waals surface area contributed by atoms with E-state index in [4.69, 9.17) is 4.74 Å². The molecule has 1 N–H and O–H groups in total. The van der Waals surface area contributed by atoms with Gasteiger partial charge in [-0.3, -0.25) is 4.79 Å². The maximum Gasteiger partial charge on any atom is 0.258 e. The highest BCUT2D eigenvalue weighted by molar-refractivity contribution is 5.77. The number of hydrogen-bond donors (Lipinski definition) is 1. The fourth-order valence-electron chi connectivity index (χ4n) is 3.97. The molecule has 2 aliphatic rings. The van der Waals surface area contributed by atoms with Gasteiger partial charge in [-0.25, -0.2) is 0 Å². The van der Waals surface area contributed by atoms with Crippen molar-refractivity contribution in [3.63, 3.8) is 0 Å². The van der Waals surface area contributed by atoms with Crippen LogP contribution < -0.4 is 10.1 Å². The number of rotatable bonds is 5. The Kier molecular flexibility index (Phi) is 3.95. The first kappa shape index (κ1) is 13.5. The van der Waals surface area contributed by atoms with Crippen LogP contribution in [0, 0.1) is 17.8 Å². The molecule has 2 aliphatic carbocycles. The summed E-state index contributed by atoms with van der Waals surface area (Å²) < 4.78 is 5.48. The van der Waals surface area contributed by atoms with E-state index in [-0.39, 0.29) is 18.6 Å². The molecule has 1 aromatic carbocycles. The SMILES string of the molecule is C[C@H](NC(=O)COc1ccccc1)[C@@H]1C[C@H]2CC[C@H]1C2. The number of benzene rings is 1. The van der Waals surface area contributed by atoms with Crippen molar-refractivity contribution in [3.8, 4) is 5.75 Å². The zero-order valence-electron chi connectivity index (χ0n) is 12.0. The number of hydrogen-bond acceptors (Lipinski definition) is 2. The summed E-state index contributed by atoms with van der Waals surface area (Å²) in [6.07, 6.45) is 5.44. The second kappa shape index (κ2) is 5.86. The number of nitrogens with one attached hydrogen (secondary N) is 1. The first-order chi connectivity index (χ1) is 9.72. The topological polar surface area (TPSA) is 38.3 Å². The molecule has 1 amide bonds. The molecule has 0 heterocycles. The number of para-hydroxylation sites is 1. The Morgan fingerprint density at radius 1 is 1.30 bits per heavy atom. The lowest BCUT2D eigenvalue weighted by Crippen LogP contribution is -2.42. The molecule has 4 atom stereocenters. The van der Waals surface area contributed by atoms with Crippen molar-refractivity contribution >= 4 is 5.91 Å². The zero-order valence-corrected chi connectivity index (χ0v) is 12.0. The average molecular weight is 273 g/mol. The molecule has 0 radical (unpaired) electrons. The molecule has 108 valence electrons. The molecular weight excluding hydrogens is 250 g/mol. The summed E-state index contributed by atoms with van der Waals surface area (Å²) in [5, 5.41) is 3.11. The van der Waals surface area contributed by atoms with Gasteiger partial charge in [-0.1, -0.05) is 24.6 Å². The summed E-state index contributed by atoms with van der Waals surface area (Å²) in [4.78, 5) is 12.0. The van der Waals surface area contributed by atoms with Crippen LogP contribution in [-0.4, -0.2) is 18.6 Å². The van der Waals surface area contributed by atoms with Crippen LogP contribution in [0.3, 0.4) is 0 Å². The fraction of sp³-hybridized carbons (Fsp3) is 0.588. The molecule has 3 heteroatoms. The lowest BCUT2D eigenvalue weighted by atomic mass is 9.84. The number of amides is 1. The molecule has 0 aromatic heterocycles. The minimum atomic E-state index is -0.0101. The summed E-state index contributed by atoms with van der Waals surface area (Å²) in [6.45, 7) is 2.25. The van der Waals surface area contributed by atoms with E-state index in [1.54, 1.807) is 0 Å². The lowest BCUT2D eigenvalue weighted by molar-refractivity contribution is -0.124. The monoisotopic (exact) mass is 273 g/mol. The summed E-state index contributed by atoms with van der Waals surface area (Å²) in [5.74, 6) is 3.17. The predicted octanol–water partition coefficient (Wildman–Crippen LogP) is 3.01. The Morgan fingerprint density at radius 2 is 2.10 bits per heavy atom. The van der Waals surface area contributed by atoms with Crippen LogP contribution in [0.15, 0.2) is 30.3 Å². The minimum absolute atomic E-state index is 0.0101. The van der Waals surface area contributed by atoms with Gasteiger partial charge in [0.2, 0.25) is 0 Å². The van der Waals surface area contributed by atoms with Crippen LogP contribution in [-0.2, 0) is 4.79 Å². The molecule has 2 bridgehead atoms. The number of ether oxygens (including phenoxy) is 1. The van der Waals surface area contributed by atoms with E-state index in [1.165, 1.54) is 25.7 Å². The van der Waals surface area contributed by atoms with Gasteiger partial charge in [-0.2, -0.15) is 0 Å². The van der Waals surface area contributed by atoms with E-state index < -0.39 is 0 Å². The largest absolute Gasteiger partial charge is 0.484 e. The molecule has 2 saturated carbocycles. The van der Waals surface area contributed by atoms with Crippen molar-refractivity contribution < 1.29 is 9.53 Å². The van der Waals surface area contributed by atoms with Crippen molar-refractivity contribution in [2.75, 3.05) is 6.61 Å². The van der Waals surface area contributed by atoms with Crippen LogP contribution >= 0.6 is 0 Å². The second-order valence-corrected chi connectivity index (χ2v) is 6.30. The fourth-order valence-corrected chi connectivity index (χ4v) is 3.97. The van der Waals surface area contributed by atoms with Gasteiger partial charge in [0.25, 0.3) is 5.91 Å². The molecule has 20 heavy (non-hydrogen) atoms. The first-order valence-corrected chi connectivity index (χ1v) is 7.69. The molecule has 3 rings (SSSR count). The summed E-state index contributed by atoms with van der Waals surface area (Å²) >= 11 is 0. The summed E-state index contributed by atoms with van der Waals surface area (Å²) in [6, 6.07) is 9.76. The van der Waals surface area contributed by atoms with Crippen molar-refractivity contribution in [3.05, 3.63) is 30.3 Å². The quantitative estimate of drug-likeness (QED) is 0.895. The normalized spacial score (nSPS) is 29.1. The van der Waals surface area contributed by atoms with Gasteiger partial charge < -0.3 is 10.1 Å². The molecule has 0 spiro atoms. The Bertz CT molecular complexity index is 459. The maximum atomic E-state index is 12.0. The average Bonchev–Trinajstić information content (AvgIpc) is 3.09. The molecule has 1 aromatic rings. The molecular formula is C17H23NO2. The second-order valence-electron chi connectivity index (χ2n) is 6.30. The van der Waals surface area contributed by atoms with E-state index in [2.05, 4.69) is 12.2 Å². The summed E-state index contributed by atoms with van der Waals surface area (Å²) in [7, 11) is 0. The van der Waals surface area contributed by atoms with Crippen molar-refractivity contribution in [2.45, 2.75) is 38.6 Å². The van der Waals surface area contributed by atoms with Gasteiger partial charge in [-0.05, 0) is 56.1 Å². The van der Waals surface area contributed by atoms with E-state index in [9.17, 15) is 4.79 Å². The van der Waals surface area contributed by atoms with Crippen LogP contribution in [0.2, 0.25) is 0 Å². The lowest BCUT2D eigenvalue weighted by Gasteiger charge is -2.28. The number of carbonyl (C=O) groups is 1. The maximum absolute atomic E-state index is 12.0. The predicted molar refractivity (Wildman–Crippen MR) is 78.5 cm³/mol. The Balaban J connectivity index is 1.44. The van der Waals surface area contributed by atoms with Gasteiger partial charge in [0.05, 0.1) is 0 Å². The van der Waals surface area contributed by atoms with E-state index in [0.29, 0.717) is 5.92 Å². The van der Waals surface area contributed by atoms with E-state index in [0.717, 1.165) is 17.6 Å². The van der Waals surface area contributed by atoms with Gasteiger partial charge in [0.1, 0.15) is 5.75 Å². The molecule has 0 unspecified atom stereocenters. The van der Waals surface area contributed by atoms with Gasteiger partial charge in [0, 0.05) is 6.04 Å². The van der Waals surface area contributed by atoms with Gasteiger partial charge in [0.15, 0.2) is 6.61 Å². The van der Waals surface area contributed by atoms with Gasteiger partial charge >= 0.3 is 0 Å². The Hall–Kier alpha value is -1.51. The Labute approximate surface area is 120 Å². The van der Waals surface area contributed by atoms with Crippen LogP contribution in [0.1, 0.15) is 32.6 Å². The molecule has 0 saturated heterocycles. The van der Waals surface area contributed by atoms with Crippen molar-refractivity contribution in [1.82, 2.24) is 5.32 Å². The highest BCUT2D eigenvalue weighted by Crippen LogP contribution is 2.49. The van der Waals surface area contributed by atoms with Crippen LogP contribution in [0.25, 0.3) is 0 Å². The first-order valence-electron chi connectivity index (χ1n) is 7.69. The summed E-state index contributed by atoms with van der Waals surface area (Å²) in [5.41, 5.74) is 0. The van der Waals surface area contributed by atoms with E-state index >= 15 is 0 Å². The van der Waals surface area contributed by atoms with Crippen molar-refractivity contribution in [2.24, 2.45) is 17.8 Å². The third kappa shape index (κ3) is 2.97. The third-order valence-electron chi connectivity index (χ3n) is 4.94. The van der Waals surface area contributed by atoms with Crippen molar-refractivity contribution in [1.29, 1.82) is 0 Å². The highest BCUT2D eigenvalue weighted by atomic mass is 16.5. The number of carbonyl (C=O) groups excluding carboxylic acids is 1. The third-order valence-corrected chi connectivity index (χ3v) is 4.94. The molecule has 3 nitrogen and oxygen atoms in total. The van der Waals surface area contributed by atoms with Crippen LogP contribution in [0.5, 0.6) is 5.75 Å². The zero-order chi connectivity index (χ0) is 13.9. The van der Waals surface area contributed by atoms with Crippen LogP contribution in [0.4, 0.5) is 0 Å². The minimum Gasteiger partial charge on any atom is -0.484 e. The number of fused-ring (bicyclic) bond motifs is 2. The highest BCUT2D eigenvalue weighted by Gasteiger charge is 2.42. The smallest absolute Gasteiger partial charge is 0.258 e. The molecule has 0 aliphatic heterocycles. The van der Waals surface area contributed by atoms with E-state index in [1.807, 2.05) is 30.3 Å². The standard InChI is InChI=1S/C17H23NO2/c1-12(16-10-13-7-8-14(16)9-13)18-17(19)11-20-15-5-3-2-4-6-15/h2-6,12-14,16H,7-11H2,1H3,(H,18,19)/t12-,13-,14-,16-/m0/s1. The Morgan fingerprint density at radius 3 is 2.75 bits per heavy atom. The molecule has 2 fully saturated rings.